The van der Waals surface area contributed by atoms with Crippen LogP contribution in [0.3, 0.4) is 0 Å². The van der Waals surface area contributed by atoms with E-state index < -0.39 is 53.4 Å². The molecular weight excluding hydrogens is 491 g/mol. The zero-order valence-corrected chi connectivity index (χ0v) is 20.7. The lowest BCUT2D eigenvalue weighted by atomic mass is 10.1. The Bertz CT molecular complexity index is 1060. The highest BCUT2D eigenvalue weighted by Crippen LogP contribution is 2.35. The zero-order valence-electron chi connectivity index (χ0n) is 20.7. The molecular formula is C26H32F3N3O5. The number of carbonyl (C=O) groups is 4. The van der Waals surface area contributed by atoms with E-state index in [1.807, 2.05) is 0 Å². The van der Waals surface area contributed by atoms with E-state index in [9.17, 15) is 32.3 Å². The van der Waals surface area contributed by atoms with Crippen LogP contribution in [-0.2, 0) is 30.5 Å². The van der Waals surface area contributed by atoms with Crippen molar-refractivity contribution in [2.45, 2.75) is 82.5 Å². The number of ether oxygens (including phenoxy) is 1. The lowest BCUT2D eigenvalue weighted by molar-refractivity contribution is -0.145. The Morgan fingerprint density at radius 3 is 2.27 bits per heavy atom. The van der Waals surface area contributed by atoms with E-state index in [0.29, 0.717) is 37.2 Å². The molecule has 0 radical (unpaired) electrons. The SMILES string of the molecule is COC(=O)[C@H](CC1CC1)NC(=O)[C@H](CC1CC1)NC(=O)C[C@@H]1CCC(=O)N1Cc1cc(F)cc(F)c1F. The second-order valence-corrected chi connectivity index (χ2v) is 10.3. The summed E-state index contributed by atoms with van der Waals surface area (Å²) >= 11 is 0. The summed E-state index contributed by atoms with van der Waals surface area (Å²) in [5, 5.41) is 5.47. The number of methoxy groups -OCH3 is 1. The number of nitrogens with one attached hydrogen (secondary N) is 2. The van der Waals surface area contributed by atoms with Gasteiger partial charge in [0.15, 0.2) is 11.6 Å². The van der Waals surface area contributed by atoms with Gasteiger partial charge in [-0.05, 0) is 37.2 Å². The molecule has 0 aromatic heterocycles. The maximum absolute atomic E-state index is 14.2. The van der Waals surface area contributed by atoms with Crippen molar-refractivity contribution in [3.8, 4) is 0 Å². The molecule has 4 rings (SSSR count). The second-order valence-electron chi connectivity index (χ2n) is 10.3. The van der Waals surface area contributed by atoms with Gasteiger partial charge in [-0.1, -0.05) is 25.7 Å². The van der Waals surface area contributed by atoms with E-state index in [4.69, 9.17) is 4.74 Å². The monoisotopic (exact) mass is 523 g/mol. The van der Waals surface area contributed by atoms with Gasteiger partial charge in [0.2, 0.25) is 17.7 Å². The zero-order chi connectivity index (χ0) is 26.7. The Kier molecular flexibility index (Phi) is 8.39. The first kappa shape index (κ1) is 26.9. The Hall–Kier alpha value is -3.11. The number of esters is 1. The molecule has 0 unspecified atom stereocenters. The van der Waals surface area contributed by atoms with Gasteiger partial charge in [0, 0.05) is 37.1 Å². The molecule has 3 amide bonds. The van der Waals surface area contributed by atoms with Crippen LogP contribution in [0.25, 0.3) is 0 Å². The third-order valence-electron chi connectivity index (χ3n) is 7.27. The molecule has 11 heteroatoms. The minimum absolute atomic E-state index is 0.116. The summed E-state index contributed by atoms with van der Waals surface area (Å²) in [6, 6.07) is -0.993. The number of benzene rings is 1. The van der Waals surface area contributed by atoms with E-state index >= 15 is 0 Å². The summed E-state index contributed by atoms with van der Waals surface area (Å²) in [5.74, 6) is -4.71. The molecule has 3 fully saturated rings. The summed E-state index contributed by atoms with van der Waals surface area (Å²) < 4.78 is 46.2. The third-order valence-corrected chi connectivity index (χ3v) is 7.27. The van der Waals surface area contributed by atoms with Gasteiger partial charge in [-0.25, -0.2) is 18.0 Å². The van der Waals surface area contributed by atoms with Crippen molar-refractivity contribution in [3.63, 3.8) is 0 Å². The maximum atomic E-state index is 14.2. The fraction of sp³-hybridized carbons (Fsp3) is 0.615. The Labute approximate surface area is 213 Å². The number of hydrogen-bond donors (Lipinski definition) is 2. The number of rotatable bonds is 12. The van der Waals surface area contributed by atoms with Crippen molar-refractivity contribution >= 4 is 23.7 Å². The van der Waals surface area contributed by atoms with Gasteiger partial charge in [0.25, 0.3) is 0 Å². The Morgan fingerprint density at radius 1 is 1.00 bits per heavy atom. The predicted molar refractivity (Wildman–Crippen MR) is 125 cm³/mol. The van der Waals surface area contributed by atoms with Crippen LogP contribution in [0.5, 0.6) is 0 Å². The quantitative estimate of drug-likeness (QED) is 0.324. The van der Waals surface area contributed by atoms with Gasteiger partial charge in [-0.3, -0.25) is 14.4 Å². The van der Waals surface area contributed by atoms with Crippen molar-refractivity contribution < 1.29 is 37.1 Å². The predicted octanol–water partition coefficient (Wildman–Crippen LogP) is 2.73. The molecule has 8 nitrogen and oxygen atoms in total. The lowest BCUT2D eigenvalue weighted by Crippen LogP contribution is -2.52. The topological polar surface area (TPSA) is 105 Å². The molecule has 37 heavy (non-hydrogen) atoms. The van der Waals surface area contributed by atoms with Crippen molar-refractivity contribution in [1.82, 2.24) is 15.5 Å². The van der Waals surface area contributed by atoms with Crippen LogP contribution in [0.1, 0.15) is 63.4 Å². The summed E-state index contributed by atoms with van der Waals surface area (Å²) in [7, 11) is 1.26. The summed E-state index contributed by atoms with van der Waals surface area (Å²) in [4.78, 5) is 51.8. The average molecular weight is 524 g/mol. The van der Waals surface area contributed by atoms with Gasteiger partial charge in [0.1, 0.15) is 17.9 Å². The van der Waals surface area contributed by atoms with Gasteiger partial charge in [-0.2, -0.15) is 0 Å². The van der Waals surface area contributed by atoms with Crippen LogP contribution in [0.2, 0.25) is 0 Å². The highest BCUT2D eigenvalue weighted by Gasteiger charge is 2.37. The normalized spacial score (nSPS) is 20.9. The average Bonchev–Trinajstić information content (AvgIpc) is 3.78. The van der Waals surface area contributed by atoms with E-state index in [0.717, 1.165) is 31.7 Å². The van der Waals surface area contributed by atoms with Crippen molar-refractivity contribution in [2.24, 2.45) is 11.8 Å². The molecule has 3 atom stereocenters. The van der Waals surface area contributed by atoms with E-state index in [1.54, 1.807) is 0 Å². The molecule has 2 saturated carbocycles. The molecule has 2 N–H and O–H groups in total. The molecule has 1 saturated heterocycles. The van der Waals surface area contributed by atoms with Crippen molar-refractivity contribution in [1.29, 1.82) is 0 Å². The number of likely N-dealkylation sites (tertiary alicyclic amines) is 1. The van der Waals surface area contributed by atoms with Crippen LogP contribution < -0.4 is 10.6 Å². The minimum atomic E-state index is -1.35. The maximum Gasteiger partial charge on any atom is 0.328 e. The summed E-state index contributed by atoms with van der Waals surface area (Å²) in [5.41, 5.74) is -0.311. The minimum Gasteiger partial charge on any atom is -0.467 e. The number of halogens is 3. The van der Waals surface area contributed by atoms with Crippen LogP contribution in [0.4, 0.5) is 13.2 Å². The molecule has 1 heterocycles. The van der Waals surface area contributed by atoms with Gasteiger partial charge in [-0.15, -0.1) is 0 Å². The standard InChI is InChI=1S/C26H32F3N3O5/c1-37-26(36)21(9-15-4-5-15)31-25(35)20(8-14-2-3-14)30-22(33)12-18-6-7-23(34)32(18)13-16-10-17(27)11-19(28)24(16)29/h10-11,14-15,18,20-21H,2-9,12-13H2,1H3,(H,30,33)(H,31,35)/t18-,20-,21-/m0/s1. The molecule has 0 bridgehead atoms. The third kappa shape index (κ3) is 7.23. The molecule has 1 aliphatic heterocycles. The first-order valence-corrected chi connectivity index (χ1v) is 12.7. The molecule has 3 aliphatic rings. The Morgan fingerprint density at radius 2 is 1.65 bits per heavy atom. The molecule has 0 spiro atoms. The second kappa shape index (κ2) is 11.5. The van der Waals surface area contributed by atoms with Gasteiger partial charge >= 0.3 is 5.97 Å². The van der Waals surface area contributed by atoms with E-state index in [2.05, 4.69) is 10.6 Å². The summed E-state index contributed by atoms with van der Waals surface area (Å²) in [6.07, 6.45) is 5.08. The highest BCUT2D eigenvalue weighted by atomic mass is 19.2. The fourth-order valence-corrected chi connectivity index (χ4v) is 4.83. The first-order valence-electron chi connectivity index (χ1n) is 12.7. The van der Waals surface area contributed by atoms with E-state index in [1.165, 1.54) is 12.0 Å². The van der Waals surface area contributed by atoms with E-state index in [-0.39, 0.29) is 30.9 Å². The number of nitrogens with zero attached hydrogens (tertiary/aromatic N) is 1. The van der Waals surface area contributed by atoms with Crippen molar-refractivity contribution in [3.05, 3.63) is 35.1 Å². The largest absolute Gasteiger partial charge is 0.467 e. The molecule has 2 aliphatic carbocycles. The number of carbonyl (C=O) groups excluding carboxylic acids is 4. The van der Waals surface area contributed by atoms with Crippen LogP contribution in [0.15, 0.2) is 12.1 Å². The smallest absolute Gasteiger partial charge is 0.328 e. The van der Waals surface area contributed by atoms with Gasteiger partial charge in [0.05, 0.1) is 7.11 Å². The molecule has 202 valence electrons. The molecule has 1 aromatic rings. The van der Waals surface area contributed by atoms with Crippen LogP contribution in [0, 0.1) is 29.3 Å². The van der Waals surface area contributed by atoms with Crippen LogP contribution >= 0.6 is 0 Å². The van der Waals surface area contributed by atoms with Crippen LogP contribution in [-0.4, -0.2) is 53.8 Å². The van der Waals surface area contributed by atoms with Crippen molar-refractivity contribution in [2.75, 3.05) is 7.11 Å². The number of amides is 3. The first-order chi connectivity index (χ1) is 17.6. The highest BCUT2D eigenvalue weighted by molar-refractivity contribution is 5.91. The number of hydrogen-bond acceptors (Lipinski definition) is 5. The van der Waals surface area contributed by atoms with Gasteiger partial charge < -0.3 is 20.3 Å². The fourth-order valence-electron chi connectivity index (χ4n) is 4.83. The lowest BCUT2D eigenvalue weighted by Gasteiger charge is -2.26. The summed E-state index contributed by atoms with van der Waals surface area (Å²) in [6.45, 7) is -0.370. The molecule has 1 aromatic carbocycles. The Balaban J connectivity index is 1.39.